The van der Waals surface area contributed by atoms with Crippen LogP contribution >= 0.6 is 11.3 Å². The summed E-state index contributed by atoms with van der Waals surface area (Å²) in [6.07, 6.45) is 0. The molecule has 1 aliphatic carbocycles. The summed E-state index contributed by atoms with van der Waals surface area (Å²) in [7, 11) is 0. The number of para-hydroxylation sites is 1. The van der Waals surface area contributed by atoms with Crippen molar-refractivity contribution in [3.05, 3.63) is 259 Å². The molecule has 0 saturated carbocycles. The van der Waals surface area contributed by atoms with E-state index in [-0.39, 0.29) is 0 Å². The van der Waals surface area contributed by atoms with E-state index in [1.807, 2.05) is 23.5 Å². The molecule has 64 heavy (non-hydrogen) atoms. The van der Waals surface area contributed by atoms with Crippen molar-refractivity contribution in [2.45, 2.75) is 5.41 Å². The second kappa shape index (κ2) is 14.6. The van der Waals surface area contributed by atoms with Crippen LogP contribution in [-0.2, 0) is 5.41 Å². The Bertz CT molecular complexity index is 3520. The Morgan fingerprint density at radius 2 is 0.844 bits per heavy atom. The van der Waals surface area contributed by atoms with Crippen LogP contribution in [0.5, 0.6) is 0 Å². The summed E-state index contributed by atoms with van der Waals surface area (Å²) in [4.78, 5) is 2.40. The van der Waals surface area contributed by atoms with Gasteiger partial charge in [0, 0.05) is 48.0 Å². The van der Waals surface area contributed by atoms with Gasteiger partial charge in [-0.25, -0.2) is 0 Å². The van der Waals surface area contributed by atoms with Crippen molar-refractivity contribution < 1.29 is 4.42 Å². The first-order valence-electron chi connectivity index (χ1n) is 21.9. The molecule has 0 radical (unpaired) electrons. The lowest BCUT2D eigenvalue weighted by Gasteiger charge is -2.34. The molecule has 0 spiro atoms. The zero-order chi connectivity index (χ0) is 42.2. The summed E-state index contributed by atoms with van der Waals surface area (Å²) in [6.45, 7) is 0. The molecule has 12 aromatic rings. The molecule has 0 saturated heterocycles. The minimum atomic E-state index is -0.461. The molecule has 2 aromatic heterocycles. The SMILES string of the molecule is c1ccc(C2(c3ccccc3)c3ccccc3-c3cc(N(c4ccc(-c5ccc6c(c5)oc5ccccc56)cc4)c4ccc(-c5ccc6c(c5)sc5ccccc56)cc4)ccc32)cc1. The molecule has 0 N–H and O–H groups in total. The van der Waals surface area contributed by atoms with Gasteiger partial charge in [0.25, 0.3) is 0 Å². The van der Waals surface area contributed by atoms with Crippen LogP contribution < -0.4 is 4.90 Å². The summed E-state index contributed by atoms with van der Waals surface area (Å²) < 4.78 is 8.93. The smallest absolute Gasteiger partial charge is 0.136 e. The Morgan fingerprint density at radius 1 is 0.328 bits per heavy atom. The Kier molecular flexibility index (Phi) is 8.34. The maximum Gasteiger partial charge on any atom is 0.136 e. The quantitative estimate of drug-likeness (QED) is 0.159. The number of fused-ring (bicyclic) bond motifs is 9. The topological polar surface area (TPSA) is 16.4 Å². The van der Waals surface area contributed by atoms with E-state index >= 15 is 0 Å². The number of benzene rings is 10. The molecule has 2 heterocycles. The lowest BCUT2D eigenvalue weighted by molar-refractivity contribution is 0.669. The molecule has 13 rings (SSSR count). The minimum Gasteiger partial charge on any atom is -0.456 e. The largest absolute Gasteiger partial charge is 0.456 e. The molecule has 1 aliphatic rings. The van der Waals surface area contributed by atoms with Gasteiger partial charge in [-0.05, 0) is 122 Å². The monoisotopic (exact) mass is 833 g/mol. The summed E-state index contributed by atoms with van der Waals surface area (Å²) in [5.41, 5.74) is 16.9. The number of nitrogens with zero attached hydrogens (tertiary/aromatic N) is 1. The van der Waals surface area contributed by atoms with Crippen LogP contribution in [0.1, 0.15) is 22.3 Å². The Morgan fingerprint density at radius 3 is 1.56 bits per heavy atom. The normalized spacial score (nSPS) is 12.8. The van der Waals surface area contributed by atoms with Gasteiger partial charge in [-0.3, -0.25) is 0 Å². The molecule has 300 valence electrons. The highest BCUT2D eigenvalue weighted by atomic mass is 32.1. The predicted octanol–water partition coefficient (Wildman–Crippen LogP) is 17.1. The number of thiophene rings is 1. The first kappa shape index (κ1) is 36.7. The highest BCUT2D eigenvalue weighted by Crippen LogP contribution is 2.57. The summed E-state index contributed by atoms with van der Waals surface area (Å²) >= 11 is 1.86. The highest BCUT2D eigenvalue weighted by molar-refractivity contribution is 7.25. The van der Waals surface area contributed by atoms with Crippen LogP contribution in [0.2, 0.25) is 0 Å². The zero-order valence-corrected chi connectivity index (χ0v) is 35.6. The fourth-order valence-electron chi connectivity index (χ4n) is 10.4. The van der Waals surface area contributed by atoms with Crippen LogP contribution in [0.4, 0.5) is 17.1 Å². The summed E-state index contributed by atoms with van der Waals surface area (Å²) in [5, 5.41) is 4.91. The average Bonchev–Trinajstić information content (AvgIpc) is 4.03. The lowest BCUT2D eigenvalue weighted by Crippen LogP contribution is -2.28. The van der Waals surface area contributed by atoms with Crippen molar-refractivity contribution in [2.75, 3.05) is 4.90 Å². The van der Waals surface area contributed by atoms with Crippen LogP contribution in [0.15, 0.2) is 241 Å². The van der Waals surface area contributed by atoms with Crippen LogP contribution in [0.25, 0.3) is 75.5 Å². The Labute approximate surface area is 375 Å². The van der Waals surface area contributed by atoms with Crippen molar-refractivity contribution in [2.24, 2.45) is 0 Å². The number of rotatable bonds is 7. The van der Waals surface area contributed by atoms with E-state index in [1.165, 1.54) is 64.7 Å². The van der Waals surface area contributed by atoms with E-state index in [2.05, 4.69) is 229 Å². The molecule has 0 aliphatic heterocycles. The molecule has 3 heteroatoms. The first-order chi connectivity index (χ1) is 31.7. The van der Waals surface area contributed by atoms with E-state index < -0.39 is 5.41 Å². The second-order valence-electron chi connectivity index (χ2n) is 16.8. The molecule has 10 aromatic carbocycles. The zero-order valence-electron chi connectivity index (χ0n) is 34.8. The van der Waals surface area contributed by atoms with Gasteiger partial charge in [0.05, 0.1) is 5.41 Å². The van der Waals surface area contributed by atoms with E-state index in [0.29, 0.717) is 0 Å². The fourth-order valence-corrected chi connectivity index (χ4v) is 11.6. The fraction of sp³-hybridized carbons (Fsp3) is 0.0164. The van der Waals surface area contributed by atoms with Crippen LogP contribution in [0.3, 0.4) is 0 Å². The van der Waals surface area contributed by atoms with Crippen LogP contribution in [0, 0.1) is 0 Å². The van der Waals surface area contributed by atoms with Gasteiger partial charge < -0.3 is 9.32 Å². The molecule has 2 nitrogen and oxygen atoms in total. The Hall–Kier alpha value is -7.98. The Balaban J connectivity index is 0.950. The third kappa shape index (κ3) is 5.64. The first-order valence-corrected chi connectivity index (χ1v) is 22.7. The third-order valence-electron chi connectivity index (χ3n) is 13.4. The predicted molar refractivity (Wildman–Crippen MR) is 269 cm³/mol. The van der Waals surface area contributed by atoms with Crippen molar-refractivity contribution in [1.82, 2.24) is 0 Å². The van der Waals surface area contributed by atoms with E-state index in [9.17, 15) is 0 Å². The minimum absolute atomic E-state index is 0.461. The van der Waals surface area contributed by atoms with Gasteiger partial charge in [0.2, 0.25) is 0 Å². The summed E-state index contributed by atoms with van der Waals surface area (Å²) in [5.74, 6) is 0. The highest BCUT2D eigenvalue weighted by Gasteiger charge is 2.46. The van der Waals surface area contributed by atoms with Crippen molar-refractivity contribution in [3.8, 4) is 33.4 Å². The third-order valence-corrected chi connectivity index (χ3v) is 14.5. The van der Waals surface area contributed by atoms with Gasteiger partial charge in [0.1, 0.15) is 11.2 Å². The lowest BCUT2D eigenvalue weighted by atomic mass is 9.68. The standard InChI is InChI=1S/C61H39NOS/c1-3-13-44(14-4-1)61(45-15-5-2-6-16-45)55-20-10-7-17-49(55)54-39-48(33-36-56(54)61)62(46-29-23-40(24-30-46)42-27-34-51-50-18-8-11-21-57(50)63-58(51)37-42)47-31-25-41(26-32-47)43-28-35-53-52-19-9-12-22-59(52)64-60(53)38-43/h1-39H. The summed E-state index contributed by atoms with van der Waals surface area (Å²) in [6, 6.07) is 86.6. The van der Waals surface area contributed by atoms with Gasteiger partial charge >= 0.3 is 0 Å². The number of furan rings is 1. The molecule has 0 unspecified atom stereocenters. The molecule has 0 atom stereocenters. The molecule has 0 bridgehead atoms. The van der Waals surface area contributed by atoms with E-state index in [4.69, 9.17) is 4.42 Å². The van der Waals surface area contributed by atoms with Gasteiger partial charge in [-0.2, -0.15) is 0 Å². The molecule has 0 fully saturated rings. The second-order valence-corrected chi connectivity index (χ2v) is 17.9. The van der Waals surface area contributed by atoms with Crippen molar-refractivity contribution >= 4 is 70.5 Å². The average molecular weight is 834 g/mol. The molecular weight excluding hydrogens is 795 g/mol. The van der Waals surface area contributed by atoms with E-state index in [1.54, 1.807) is 0 Å². The number of hydrogen-bond donors (Lipinski definition) is 0. The molecular formula is C61H39NOS. The van der Waals surface area contributed by atoms with Gasteiger partial charge in [0.15, 0.2) is 0 Å². The number of anilines is 3. The maximum absolute atomic E-state index is 6.29. The van der Waals surface area contributed by atoms with Crippen LogP contribution in [-0.4, -0.2) is 0 Å². The van der Waals surface area contributed by atoms with E-state index in [0.717, 1.165) is 50.1 Å². The maximum atomic E-state index is 6.29. The van der Waals surface area contributed by atoms with Crippen molar-refractivity contribution in [1.29, 1.82) is 0 Å². The molecule has 0 amide bonds. The number of hydrogen-bond acceptors (Lipinski definition) is 3. The van der Waals surface area contributed by atoms with Gasteiger partial charge in [-0.15, -0.1) is 11.3 Å². The van der Waals surface area contributed by atoms with Crippen molar-refractivity contribution in [3.63, 3.8) is 0 Å². The van der Waals surface area contributed by atoms with Gasteiger partial charge in [-0.1, -0.05) is 170 Å².